The van der Waals surface area contributed by atoms with Crippen LogP contribution in [0.5, 0.6) is 0 Å². The predicted octanol–water partition coefficient (Wildman–Crippen LogP) is -0.308. The first-order valence-corrected chi connectivity index (χ1v) is 14.5. The van der Waals surface area contributed by atoms with E-state index >= 15 is 0 Å². The lowest BCUT2D eigenvalue weighted by molar-refractivity contribution is -0.326. The Labute approximate surface area is 266 Å². The summed E-state index contributed by atoms with van der Waals surface area (Å²) in [4.78, 5) is 23.4. The summed E-state index contributed by atoms with van der Waals surface area (Å²) in [5.41, 5.74) is 2.11. The van der Waals surface area contributed by atoms with Gasteiger partial charge in [-0.3, -0.25) is 0 Å². The molecular weight excluding hydrogens is 608 g/mol. The number of aliphatic hydroxyl groups is 7. The Balaban J connectivity index is 1.94. The highest BCUT2D eigenvalue weighted by Gasteiger charge is 2.48. The molecule has 14 nitrogen and oxygen atoms in total. The van der Waals surface area contributed by atoms with Crippen molar-refractivity contribution in [2.45, 2.75) is 89.1 Å². The Kier molecular flexibility index (Phi) is 15.9. The second-order valence-corrected chi connectivity index (χ2v) is 10.9. The Bertz CT molecular complexity index is 1240. The van der Waals surface area contributed by atoms with Crippen molar-refractivity contribution in [2.24, 2.45) is 0 Å². The summed E-state index contributed by atoms with van der Waals surface area (Å²) < 4.78 is 21.3. The maximum Gasteiger partial charge on any atom is 0.336 e. The zero-order valence-corrected chi connectivity index (χ0v) is 26.0. The summed E-state index contributed by atoms with van der Waals surface area (Å²) >= 11 is 0. The summed E-state index contributed by atoms with van der Waals surface area (Å²) in [6.45, 7) is 5.43. The molecule has 46 heavy (non-hydrogen) atoms. The molecule has 10 atom stereocenters. The SMILES string of the molecule is CC(/C=C/C=C(\C)C(=O)O)=C\C=C\C=C(C)\C=C\C=C(/C)C(=O)OC1O[C@H](CO[C@@H]2O[C@H](CO)[C@@H](O)C(O)[C@H]2O)[C@@H](O)[C@H](O)[C@H]1O. The molecule has 0 radical (unpaired) electrons. The third-order valence-electron chi connectivity index (χ3n) is 7.06. The lowest BCUT2D eigenvalue weighted by Gasteiger charge is -2.42. The number of carboxylic acid groups (broad SMARTS) is 1. The van der Waals surface area contributed by atoms with E-state index in [4.69, 9.17) is 24.1 Å². The topological polar surface area (TPSA) is 233 Å². The fourth-order valence-electron chi connectivity index (χ4n) is 4.10. The number of carbonyl (C=O) groups is 2. The van der Waals surface area contributed by atoms with Crippen LogP contribution < -0.4 is 0 Å². The number of allylic oxidation sites excluding steroid dienone is 12. The van der Waals surface area contributed by atoms with Crippen LogP contribution in [0.3, 0.4) is 0 Å². The molecule has 0 bridgehead atoms. The van der Waals surface area contributed by atoms with E-state index in [-0.39, 0.29) is 11.1 Å². The van der Waals surface area contributed by atoms with Gasteiger partial charge in [0, 0.05) is 11.1 Å². The Morgan fingerprint density at radius 3 is 1.63 bits per heavy atom. The van der Waals surface area contributed by atoms with Crippen LogP contribution in [0.1, 0.15) is 27.7 Å². The highest BCUT2D eigenvalue weighted by molar-refractivity contribution is 5.88. The first-order valence-electron chi connectivity index (χ1n) is 14.5. The lowest BCUT2D eigenvalue weighted by Crippen LogP contribution is -2.61. The van der Waals surface area contributed by atoms with E-state index in [2.05, 4.69) is 0 Å². The van der Waals surface area contributed by atoms with Crippen molar-refractivity contribution in [2.75, 3.05) is 13.2 Å². The number of aliphatic carboxylic acids is 1. The smallest absolute Gasteiger partial charge is 0.336 e. The first-order chi connectivity index (χ1) is 21.7. The number of esters is 1. The Morgan fingerprint density at radius 1 is 0.630 bits per heavy atom. The maximum absolute atomic E-state index is 12.6. The van der Waals surface area contributed by atoms with E-state index in [1.54, 1.807) is 30.4 Å². The molecule has 8 N–H and O–H groups in total. The summed E-state index contributed by atoms with van der Waals surface area (Å²) in [5.74, 6) is -1.86. The van der Waals surface area contributed by atoms with Gasteiger partial charge in [-0.25, -0.2) is 9.59 Å². The quantitative estimate of drug-likeness (QED) is 0.0725. The zero-order chi connectivity index (χ0) is 34.6. The zero-order valence-electron chi connectivity index (χ0n) is 26.0. The van der Waals surface area contributed by atoms with E-state index in [0.717, 1.165) is 11.1 Å². The van der Waals surface area contributed by atoms with Crippen LogP contribution in [0.15, 0.2) is 83.1 Å². The average molecular weight is 653 g/mol. The number of rotatable bonds is 13. The molecular formula is C32H44O14. The van der Waals surface area contributed by atoms with Crippen LogP contribution in [-0.4, -0.2) is 127 Å². The highest BCUT2D eigenvalue weighted by atomic mass is 16.7. The van der Waals surface area contributed by atoms with E-state index in [0.29, 0.717) is 0 Å². The number of hydrogen-bond acceptors (Lipinski definition) is 13. The second kappa shape index (κ2) is 18.8. The van der Waals surface area contributed by atoms with Gasteiger partial charge < -0.3 is 59.8 Å². The van der Waals surface area contributed by atoms with Gasteiger partial charge in [0.15, 0.2) is 6.29 Å². The number of carboxylic acids is 1. The predicted molar refractivity (Wildman–Crippen MR) is 163 cm³/mol. The summed E-state index contributed by atoms with van der Waals surface area (Å²) in [7, 11) is 0. The molecule has 2 unspecified atom stereocenters. The minimum Gasteiger partial charge on any atom is -0.478 e. The van der Waals surface area contributed by atoms with E-state index in [1.165, 1.54) is 26.0 Å². The molecule has 2 saturated heterocycles. The summed E-state index contributed by atoms with van der Waals surface area (Å²) in [6, 6.07) is 0. The molecule has 0 spiro atoms. The molecule has 14 heteroatoms. The van der Waals surface area contributed by atoms with Crippen LogP contribution in [0.2, 0.25) is 0 Å². The molecule has 2 heterocycles. The van der Waals surface area contributed by atoms with Gasteiger partial charge in [0.2, 0.25) is 6.29 Å². The summed E-state index contributed by atoms with van der Waals surface area (Å²) in [6.07, 6.45) is 0.855. The molecule has 2 fully saturated rings. The fraction of sp³-hybridized carbons (Fsp3) is 0.500. The van der Waals surface area contributed by atoms with Crippen molar-refractivity contribution in [3.8, 4) is 0 Å². The number of ether oxygens (including phenoxy) is 4. The normalized spacial score (nSPS) is 33.7. The monoisotopic (exact) mass is 652 g/mol. The molecule has 0 aliphatic carbocycles. The van der Waals surface area contributed by atoms with Crippen LogP contribution in [-0.2, 0) is 28.5 Å². The highest BCUT2D eigenvalue weighted by Crippen LogP contribution is 2.26. The summed E-state index contributed by atoms with van der Waals surface area (Å²) in [5, 5.41) is 79.1. The van der Waals surface area contributed by atoms with Crippen molar-refractivity contribution >= 4 is 11.9 Å². The van der Waals surface area contributed by atoms with Gasteiger partial charge >= 0.3 is 11.9 Å². The standard InChI is InChI=1S/C32H44O14/c1-17(11-7-13-19(3)29(40)41)9-5-6-10-18(2)12-8-14-20(4)30(42)46-32-28(39)26(37)24(35)22(45-32)16-43-31-27(38)25(36)23(34)21(15-33)44-31/h5-14,21-28,31-39H,15-16H2,1-4H3,(H,40,41)/b6-5+,11-7+,12-8+,17-9+,18-10+,19-13+,20-14+/t21-,22-,23-,24-,25?,26+,27-,28-,31-,32?/m1/s1. The van der Waals surface area contributed by atoms with Gasteiger partial charge in [-0.15, -0.1) is 0 Å². The number of aliphatic hydroxyl groups excluding tert-OH is 7. The van der Waals surface area contributed by atoms with Crippen LogP contribution in [0.25, 0.3) is 0 Å². The van der Waals surface area contributed by atoms with Crippen LogP contribution in [0, 0.1) is 0 Å². The molecule has 0 aromatic heterocycles. The van der Waals surface area contributed by atoms with Crippen molar-refractivity contribution in [1.82, 2.24) is 0 Å². The lowest BCUT2D eigenvalue weighted by atomic mass is 9.98. The van der Waals surface area contributed by atoms with Gasteiger partial charge in [0.05, 0.1) is 13.2 Å². The minimum atomic E-state index is -1.80. The molecule has 0 saturated carbocycles. The maximum atomic E-state index is 12.6. The Morgan fingerprint density at radius 2 is 1.11 bits per heavy atom. The number of carbonyl (C=O) groups excluding carboxylic acids is 1. The largest absolute Gasteiger partial charge is 0.478 e. The molecule has 0 aromatic carbocycles. The average Bonchev–Trinajstić information content (AvgIpc) is 3.02. The molecule has 0 amide bonds. The van der Waals surface area contributed by atoms with Crippen LogP contribution in [0.4, 0.5) is 0 Å². The van der Waals surface area contributed by atoms with E-state index < -0.39 is 86.6 Å². The van der Waals surface area contributed by atoms with Crippen molar-refractivity contribution < 1.29 is 69.4 Å². The van der Waals surface area contributed by atoms with E-state index in [9.17, 15) is 45.3 Å². The Hall–Kier alpha value is -3.28. The van der Waals surface area contributed by atoms with Gasteiger partial charge in [0.1, 0.15) is 48.8 Å². The van der Waals surface area contributed by atoms with Crippen LogP contribution >= 0.6 is 0 Å². The molecule has 2 aliphatic rings. The van der Waals surface area contributed by atoms with Gasteiger partial charge in [-0.2, -0.15) is 0 Å². The molecule has 0 aromatic rings. The van der Waals surface area contributed by atoms with Crippen molar-refractivity contribution in [1.29, 1.82) is 0 Å². The molecule has 256 valence electrons. The molecule has 2 aliphatic heterocycles. The van der Waals surface area contributed by atoms with Crippen molar-refractivity contribution in [3.05, 3.63) is 83.1 Å². The fourth-order valence-corrected chi connectivity index (χ4v) is 4.10. The second-order valence-electron chi connectivity index (χ2n) is 10.9. The minimum absolute atomic E-state index is 0.127. The third-order valence-corrected chi connectivity index (χ3v) is 7.06. The number of hydrogen-bond donors (Lipinski definition) is 8. The van der Waals surface area contributed by atoms with E-state index in [1.807, 2.05) is 32.1 Å². The molecule has 2 rings (SSSR count). The van der Waals surface area contributed by atoms with Gasteiger partial charge in [-0.1, -0.05) is 71.9 Å². The van der Waals surface area contributed by atoms with Gasteiger partial charge in [-0.05, 0) is 27.7 Å². The third kappa shape index (κ3) is 11.5. The first kappa shape index (κ1) is 38.9. The van der Waals surface area contributed by atoms with Gasteiger partial charge in [0.25, 0.3) is 0 Å². The van der Waals surface area contributed by atoms with Crippen molar-refractivity contribution in [3.63, 3.8) is 0 Å².